The third-order valence-electron chi connectivity index (χ3n) is 19.2. The Labute approximate surface area is 557 Å². The number of ether oxygens (including phenoxy) is 1. The van der Waals surface area contributed by atoms with Gasteiger partial charge in [-0.15, -0.1) is 0 Å². The Balaban J connectivity index is 3.33. The molecule has 0 fully saturated rings. The van der Waals surface area contributed by atoms with Crippen LogP contribution in [0.2, 0.25) is 0 Å². The van der Waals surface area contributed by atoms with Crippen LogP contribution in [0.15, 0.2) is 36.5 Å². The molecular weight excluding hydrogens is 1090 g/mol. The molecule has 0 aliphatic heterocycles. The van der Waals surface area contributed by atoms with Crippen molar-refractivity contribution in [2.75, 3.05) is 13.2 Å². The van der Waals surface area contributed by atoms with E-state index in [0.717, 1.165) is 51.4 Å². The highest BCUT2D eigenvalue weighted by molar-refractivity contribution is 5.76. The van der Waals surface area contributed by atoms with Gasteiger partial charge in [-0.3, -0.25) is 9.59 Å². The Morgan fingerprint density at radius 2 is 0.562 bits per heavy atom. The number of allylic oxidation sites excluding steroid dienone is 6. The van der Waals surface area contributed by atoms with Gasteiger partial charge in [0.15, 0.2) is 0 Å². The van der Waals surface area contributed by atoms with Crippen LogP contribution in [0.1, 0.15) is 457 Å². The first-order chi connectivity index (χ1) is 44.0. The van der Waals surface area contributed by atoms with Crippen LogP contribution in [0, 0.1) is 0 Å². The van der Waals surface area contributed by atoms with Gasteiger partial charge in [0.25, 0.3) is 0 Å². The fourth-order valence-corrected chi connectivity index (χ4v) is 13.0. The molecule has 0 radical (unpaired) electrons. The van der Waals surface area contributed by atoms with Crippen LogP contribution in [0.5, 0.6) is 0 Å². The number of aliphatic hydroxyl groups is 2. The first-order valence-electron chi connectivity index (χ1n) is 40.7. The summed E-state index contributed by atoms with van der Waals surface area (Å²) in [6.45, 7) is 4.98. The summed E-state index contributed by atoms with van der Waals surface area (Å²) in [4.78, 5) is 24.6. The van der Waals surface area contributed by atoms with Crippen molar-refractivity contribution < 1.29 is 24.5 Å². The third-order valence-corrected chi connectivity index (χ3v) is 19.2. The maximum Gasteiger partial charge on any atom is 0.305 e. The zero-order valence-electron chi connectivity index (χ0n) is 60.4. The molecule has 0 aromatic carbocycles. The third kappa shape index (κ3) is 75.0. The number of rotatable bonds is 77. The second-order valence-electron chi connectivity index (χ2n) is 28.1. The van der Waals surface area contributed by atoms with Gasteiger partial charge in [-0.2, -0.15) is 0 Å². The highest BCUT2D eigenvalue weighted by Crippen LogP contribution is 2.20. The van der Waals surface area contributed by atoms with Gasteiger partial charge in [0.1, 0.15) is 0 Å². The van der Waals surface area contributed by atoms with Crippen LogP contribution in [0.25, 0.3) is 0 Å². The molecule has 0 saturated carbocycles. The second kappa shape index (κ2) is 78.5. The number of carbonyl (C=O) groups is 2. The average molecular weight is 1250 g/mol. The van der Waals surface area contributed by atoms with Crippen molar-refractivity contribution in [3.8, 4) is 0 Å². The molecule has 6 nitrogen and oxygen atoms in total. The van der Waals surface area contributed by atoms with E-state index >= 15 is 0 Å². The van der Waals surface area contributed by atoms with E-state index in [1.54, 1.807) is 0 Å². The van der Waals surface area contributed by atoms with Crippen LogP contribution < -0.4 is 5.32 Å². The summed E-state index contributed by atoms with van der Waals surface area (Å²) in [5, 5.41) is 23.4. The quantitative estimate of drug-likeness (QED) is 0.0320. The zero-order chi connectivity index (χ0) is 64.2. The van der Waals surface area contributed by atoms with E-state index in [0.29, 0.717) is 25.9 Å². The van der Waals surface area contributed by atoms with Crippen molar-refractivity contribution in [3.63, 3.8) is 0 Å². The summed E-state index contributed by atoms with van der Waals surface area (Å²) in [5.74, 6) is -0.0177. The molecular formula is C83H159NO5. The Morgan fingerprint density at radius 1 is 0.315 bits per heavy atom. The molecule has 526 valence electrons. The molecule has 6 heteroatoms. The number of unbranched alkanes of at least 4 members (excludes halogenated alkanes) is 60. The molecule has 0 saturated heterocycles. The molecule has 0 spiro atoms. The highest BCUT2D eigenvalue weighted by Gasteiger charge is 2.20. The molecule has 0 aromatic rings. The Bertz CT molecular complexity index is 1440. The normalized spacial score (nSPS) is 12.6. The lowest BCUT2D eigenvalue weighted by molar-refractivity contribution is -0.143. The van der Waals surface area contributed by atoms with E-state index in [2.05, 4.69) is 55.6 Å². The summed E-state index contributed by atoms with van der Waals surface area (Å²) in [5.41, 5.74) is 0. The minimum atomic E-state index is -0.662. The van der Waals surface area contributed by atoms with E-state index in [-0.39, 0.29) is 18.5 Å². The average Bonchev–Trinajstić information content (AvgIpc) is 3.64. The smallest absolute Gasteiger partial charge is 0.305 e. The Hall–Kier alpha value is -1.92. The minimum absolute atomic E-state index is 0.00862. The molecule has 89 heavy (non-hydrogen) atoms. The maximum atomic E-state index is 12.6. The molecule has 0 aliphatic rings. The summed E-state index contributed by atoms with van der Waals surface area (Å²) < 4.78 is 5.50. The number of amides is 1. The minimum Gasteiger partial charge on any atom is -0.466 e. The van der Waals surface area contributed by atoms with Crippen molar-refractivity contribution in [2.24, 2.45) is 0 Å². The van der Waals surface area contributed by atoms with Crippen molar-refractivity contribution in [3.05, 3.63) is 36.5 Å². The number of carbonyl (C=O) groups excluding carboxylic acids is 2. The SMILES string of the molecule is CCCCCC/C=C\C/C=C\CCCCCCCC(=O)OCCCCCCCCCCCCCCCCCC/C=C\CCCCCCCCCCCCCCCCCCCC(=O)NC(CO)C(O)CCCCCCCCCCCCCCCCCCCCC. The predicted molar refractivity (Wildman–Crippen MR) is 393 cm³/mol. The lowest BCUT2D eigenvalue weighted by Gasteiger charge is -2.22. The summed E-state index contributed by atoms with van der Waals surface area (Å²) in [7, 11) is 0. The maximum absolute atomic E-state index is 12.6. The molecule has 0 bridgehead atoms. The number of nitrogens with one attached hydrogen (secondary N) is 1. The van der Waals surface area contributed by atoms with E-state index in [4.69, 9.17) is 4.74 Å². The lowest BCUT2D eigenvalue weighted by atomic mass is 10.0. The fourth-order valence-electron chi connectivity index (χ4n) is 13.0. The van der Waals surface area contributed by atoms with E-state index < -0.39 is 12.1 Å². The second-order valence-corrected chi connectivity index (χ2v) is 28.1. The van der Waals surface area contributed by atoms with Crippen LogP contribution in [0.4, 0.5) is 0 Å². The van der Waals surface area contributed by atoms with Crippen molar-refractivity contribution in [1.82, 2.24) is 5.32 Å². The molecule has 2 unspecified atom stereocenters. The summed E-state index contributed by atoms with van der Waals surface area (Å²) >= 11 is 0. The van der Waals surface area contributed by atoms with Gasteiger partial charge in [0, 0.05) is 12.8 Å². The standard InChI is InChI=1S/C83H159NO5/c1-3-5-7-9-11-13-15-17-19-21-41-44-47-51-55-59-63-67-71-75-81(86)80(79-85)84-82(87)76-72-68-64-60-56-52-48-45-42-39-37-35-33-31-29-27-25-23-22-24-26-28-30-32-34-36-38-40-43-46-50-54-58-62-66-70-74-78-89-83(88)77-73-69-65-61-57-53-49-20-18-16-14-12-10-8-6-4-2/h14,16,20,22,24,49,80-81,85-86H,3-13,15,17-19,21,23,25-48,50-79H2,1-2H3,(H,84,87)/b16-14-,24-22-,49-20-. The zero-order valence-corrected chi connectivity index (χ0v) is 60.4. The van der Waals surface area contributed by atoms with Crippen molar-refractivity contribution in [2.45, 2.75) is 469 Å². The summed E-state index contributed by atoms with van der Waals surface area (Å²) in [6.07, 6.45) is 102. The molecule has 0 aliphatic carbocycles. The molecule has 3 N–H and O–H groups in total. The van der Waals surface area contributed by atoms with Gasteiger partial charge in [-0.1, -0.05) is 397 Å². The number of esters is 1. The number of hydrogen-bond acceptors (Lipinski definition) is 5. The predicted octanol–water partition coefficient (Wildman–Crippen LogP) is 27.0. The van der Waals surface area contributed by atoms with Crippen LogP contribution in [-0.2, 0) is 14.3 Å². The van der Waals surface area contributed by atoms with Crippen molar-refractivity contribution >= 4 is 11.9 Å². The van der Waals surface area contributed by atoms with Crippen molar-refractivity contribution in [1.29, 1.82) is 0 Å². The van der Waals surface area contributed by atoms with Gasteiger partial charge in [-0.25, -0.2) is 0 Å². The van der Waals surface area contributed by atoms with Crippen LogP contribution in [0.3, 0.4) is 0 Å². The molecule has 0 rings (SSSR count). The molecule has 2 atom stereocenters. The lowest BCUT2D eigenvalue weighted by Crippen LogP contribution is -2.45. The Morgan fingerprint density at radius 3 is 0.876 bits per heavy atom. The molecule has 0 aromatic heterocycles. The monoisotopic (exact) mass is 1250 g/mol. The molecule has 1 amide bonds. The van der Waals surface area contributed by atoms with E-state index in [9.17, 15) is 19.8 Å². The first-order valence-corrected chi connectivity index (χ1v) is 40.7. The Kier molecular flexibility index (Phi) is 76.8. The van der Waals surface area contributed by atoms with Crippen LogP contribution in [-0.4, -0.2) is 47.4 Å². The van der Waals surface area contributed by atoms with Gasteiger partial charge in [-0.05, 0) is 83.5 Å². The largest absolute Gasteiger partial charge is 0.466 e. The van der Waals surface area contributed by atoms with E-state index in [1.807, 2.05) is 0 Å². The van der Waals surface area contributed by atoms with Crippen LogP contribution >= 0.6 is 0 Å². The van der Waals surface area contributed by atoms with E-state index in [1.165, 1.54) is 372 Å². The topological polar surface area (TPSA) is 95.9 Å². The molecule has 0 heterocycles. The van der Waals surface area contributed by atoms with Gasteiger partial charge < -0.3 is 20.3 Å². The first kappa shape index (κ1) is 87.1. The van der Waals surface area contributed by atoms with Gasteiger partial charge in [0.05, 0.1) is 25.4 Å². The fraction of sp³-hybridized carbons (Fsp3) is 0.904. The highest BCUT2D eigenvalue weighted by atomic mass is 16.5. The van der Waals surface area contributed by atoms with Gasteiger partial charge >= 0.3 is 5.97 Å². The van der Waals surface area contributed by atoms with Gasteiger partial charge in [0.2, 0.25) is 5.91 Å². The number of aliphatic hydroxyl groups excluding tert-OH is 2. The summed E-state index contributed by atoms with van der Waals surface area (Å²) in [6, 6.07) is -0.539. The number of hydrogen-bond donors (Lipinski definition) is 3.